The molecule has 0 aliphatic carbocycles. The predicted octanol–water partition coefficient (Wildman–Crippen LogP) is 3.55. The quantitative estimate of drug-likeness (QED) is 0.661. The van der Waals surface area contributed by atoms with Gasteiger partial charge in [-0.2, -0.15) is 0 Å². The Kier molecular flexibility index (Phi) is 4.47. The van der Waals surface area contributed by atoms with Crippen molar-refractivity contribution in [3.05, 3.63) is 64.7 Å². The summed E-state index contributed by atoms with van der Waals surface area (Å²) < 4.78 is 0. The second-order valence-electron chi connectivity index (χ2n) is 7.55. The number of rotatable bonds is 3. The summed E-state index contributed by atoms with van der Waals surface area (Å²) in [6, 6.07) is 15.3. The molecule has 0 spiro atoms. The van der Waals surface area contributed by atoms with Crippen molar-refractivity contribution in [3.8, 4) is 21.7 Å². The minimum atomic E-state index is -0.604. The number of aromatic nitrogens is 1. The molecule has 2 aliphatic rings. The molecule has 0 saturated carbocycles. The minimum absolute atomic E-state index is 0.163. The van der Waals surface area contributed by atoms with Gasteiger partial charge >= 0.3 is 0 Å². The number of benzene rings is 2. The summed E-state index contributed by atoms with van der Waals surface area (Å²) in [6.45, 7) is 2.35. The van der Waals surface area contributed by atoms with Crippen LogP contribution in [0.2, 0.25) is 0 Å². The van der Waals surface area contributed by atoms with Gasteiger partial charge < -0.3 is 4.90 Å². The minimum Gasteiger partial charge on any atom is -0.322 e. The van der Waals surface area contributed by atoms with Crippen molar-refractivity contribution in [2.45, 2.75) is 32.4 Å². The lowest BCUT2D eigenvalue weighted by molar-refractivity contribution is -0.136. The molecular formula is C23H19N3O3S. The average molecular weight is 417 g/mol. The number of hydrogen-bond acceptors (Lipinski definition) is 5. The van der Waals surface area contributed by atoms with E-state index in [1.165, 1.54) is 0 Å². The van der Waals surface area contributed by atoms with Gasteiger partial charge in [-0.05, 0) is 36.6 Å². The number of imide groups is 1. The fraction of sp³-hybridized carbons (Fsp3) is 0.217. The van der Waals surface area contributed by atoms with Crippen molar-refractivity contribution in [3.63, 3.8) is 0 Å². The maximum Gasteiger partial charge on any atom is 0.255 e. The van der Waals surface area contributed by atoms with Crippen LogP contribution in [0.25, 0.3) is 21.7 Å². The van der Waals surface area contributed by atoms with Gasteiger partial charge in [-0.1, -0.05) is 36.4 Å². The standard InChI is InChI=1S/C23H19N3O3S/c1-13-24-20(21(30-13)14-5-3-2-4-6-14)15-7-8-17-16(11-15)12-26(23(17)29)18-9-10-19(27)25-22(18)28/h2-8,11,18H,9-10,12H2,1H3,(H,25,27,28). The number of piperidine rings is 1. The zero-order valence-electron chi connectivity index (χ0n) is 16.3. The van der Waals surface area contributed by atoms with Gasteiger partial charge in [0.2, 0.25) is 11.8 Å². The van der Waals surface area contributed by atoms with E-state index in [2.05, 4.69) is 17.4 Å². The summed E-state index contributed by atoms with van der Waals surface area (Å²) in [4.78, 5) is 44.0. The summed E-state index contributed by atoms with van der Waals surface area (Å²) in [5.74, 6) is -0.840. The third-order valence-electron chi connectivity index (χ3n) is 5.57. The number of aryl methyl sites for hydroxylation is 1. The normalized spacial score (nSPS) is 18.5. The Morgan fingerprint density at radius 1 is 1.07 bits per heavy atom. The van der Waals surface area contributed by atoms with Crippen molar-refractivity contribution in [2.24, 2.45) is 0 Å². The van der Waals surface area contributed by atoms with Gasteiger partial charge in [0.25, 0.3) is 5.91 Å². The molecule has 150 valence electrons. The lowest BCUT2D eigenvalue weighted by Crippen LogP contribution is -2.52. The number of fused-ring (bicyclic) bond motifs is 1. The van der Waals surface area contributed by atoms with E-state index in [1.54, 1.807) is 16.2 Å². The van der Waals surface area contributed by atoms with Gasteiger partial charge in [-0.15, -0.1) is 11.3 Å². The fourth-order valence-electron chi connectivity index (χ4n) is 4.13. The van der Waals surface area contributed by atoms with Gasteiger partial charge in [0.05, 0.1) is 15.6 Å². The Balaban J connectivity index is 1.49. The van der Waals surface area contributed by atoms with Crippen LogP contribution in [0.1, 0.15) is 33.8 Å². The summed E-state index contributed by atoms with van der Waals surface area (Å²) in [5.41, 5.74) is 4.46. The molecular weight excluding hydrogens is 398 g/mol. The van der Waals surface area contributed by atoms with Crippen LogP contribution in [0.5, 0.6) is 0 Å². The van der Waals surface area contributed by atoms with Crippen LogP contribution in [0, 0.1) is 6.92 Å². The van der Waals surface area contributed by atoms with E-state index in [4.69, 9.17) is 4.98 Å². The zero-order chi connectivity index (χ0) is 20.8. The van der Waals surface area contributed by atoms with Crippen molar-refractivity contribution >= 4 is 29.1 Å². The first-order valence-corrected chi connectivity index (χ1v) is 10.6. The molecule has 2 aliphatic heterocycles. The van der Waals surface area contributed by atoms with Gasteiger partial charge in [0.15, 0.2) is 0 Å². The number of thiazole rings is 1. The van der Waals surface area contributed by atoms with E-state index in [9.17, 15) is 14.4 Å². The van der Waals surface area contributed by atoms with Crippen LogP contribution < -0.4 is 5.32 Å². The summed E-state index contributed by atoms with van der Waals surface area (Å²) in [6.07, 6.45) is 0.612. The predicted molar refractivity (Wildman–Crippen MR) is 114 cm³/mol. The van der Waals surface area contributed by atoms with Gasteiger partial charge in [0.1, 0.15) is 6.04 Å². The first-order valence-electron chi connectivity index (χ1n) is 9.82. The molecule has 30 heavy (non-hydrogen) atoms. The number of nitrogens with zero attached hydrogens (tertiary/aromatic N) is 2. The molecule has 3 aromatic rings. The highest BCUT2D eigenvalue weighted by Gasteiger charge is 2.39. The van der Waals surface area contributed by atoms with Crippen molar-refractivity contribution < 1.29 is 14.4 Å². The molecule has 1 atom stereocenters. The molecule has 0 bridgehead atoms. The first-order chi connectivity index (χ1) is 14.5. The summed E-state index contributed by atoms with van der Waals surface area (Å²) >= 11 is 1.65. The number of hydrogen-bond donors (Lipinski definition) is 1. The van der Waals surface area contributed by atoms with Gasteiger partial charge in [-0.3, -0.25) is 19.7 Å². The Bertz CT molecular complexity index is 1190. The summed E-state index contributed by atoms with van der Waals surface area (Å²) in [7, 11) is 0. The average Bonchev–Trinajstić information content (AvgIpc) is 3.29. The Labute approximate surface area is 177 Å². The highest BCUT2D eigenvalue weighted by Crippen LogP contribution is 2.38. The Hall–Kier alpha value is -3.32. The molecule has 3 heterocycles. The largest absolute Gasteiger partial charge is 0.322 e. The summed E-state index contributed by atoms with van der Waals surface area (Å²) in [5, 5.41) is 3.32. The lowest BCUT2D eigenvalue weighted by Gasteiger charge is -2.29. The number of nitrogens with one attached hydrogen (secondary N) is 1. The smallest absolute Gasteiger partial charge is 0.255 e. The van der Waals surface area contributed by atoms with E-state index in [0.29, 0.717) is 18.5 Å². The molecule has 1 unspecified atom stereocenters. The maximum absolute atomic E-state index is 12.9. The number of carbonyl (C=O) groups is 3. The Morgan fingerprint density at radius 2 is 1.87 bits per heavy atom. The molecule has 7 heteroatoms. The second-order valence-corrected chi connectivity index (χ2v) is 8.75. The number of carbonyl (C=O) groups excluding carboxylic acids is 3. The zero-order valence-corrected chi connectivity index (χ0v) is 17.2. The third kappa shape index (κ3) is 3.11. The molecule has 1 aromatic heterocycles. The third-order valence-corrected chi connectivity index (χ3v) is 6.59. The molecule has 5 rings (SSSR count). The molecule has 6 nitrogen and oxygen atoms in total. The van der Waals surface area contributed by atoms with Crippen LogP contribution in [0.3, 0.4) is 0 Å². The maximum atomic E-state index is 12.9. The molecule has 1 N–H and O–H groups in total. The SMILES string of the molecule is Cc1nc(-c2ccc3c(c2)CN(C2CCC(=O)NC2=O)C3=O)c(-c2ccccc2)s1. The van der Waals surface area contributed by atoms with Crippen LogP contribution in [-0.4, -0.2) is 33.6 Å². The van der Waals surface area contributed by atoms with Crippen molar-refractivity contribution in [1.29, 1.82) is 0 Å². The first kappa shape index (κ1) is 18.7. The second kappa shape index (κ2) is 7.18. The number of amides is 3. The van der Waals surface area contributed by atoms with Crippen LogP contribution >= 0.6 is 11.3 Å². The van der Waals surface area contributed by atoms with Gasteiger partial charge in [0, 0.05) is 24.1 Å². The van der Waals surface area contributed by atoms with E-state index in [0.717, 1.165) is 32.3 Å². The fourth-order valence-corrected chi connectivity index (χ4v) is 5.08. The van der Waals surface area contributed by atoms with E-state index < -0.39 is 11.9 Å². The highest BCUT2D eigenvalue weighted by molar-refractivity contribution is 7.15. The molecule has 1 fully saturated rings. The molecule has 1 saturated heterocycles. The Morgan fingerprint density at radius 3 is 2.63 bits per heavy atom. The lowest BCUT2D eigenvalue weighted by atomic mass is 10.0. The van der Waals surface area contributed by atoms with E-state index in [1.807, 2.05) is 43.3 Å². The topological polar surface area (TPSA) is 79.4 Å². The van der Waals surface area contributed by atoms with Crippen molar-refractivity contribution in [2.75, 3.05) is 0 Å². The molecule has 0 radical (unpaired) electrons. The molecule has 3 amide bonds. The molecule has 2 aromatic carbocycles. The van der Waals surface area contributed by atoms with Gasteiger partial charge in [-0.25, -0.2) is 4.98 Å². The van der Waals surface area contributed by atoms with Crippen LogP contribution in [-0.2, 0) is 16.1 Å². The van der Waals surface area contributed by atoms with Crippen LogP contribution in [0.15, 0.2) is 48.5 Å². The highest BCUT2D eigenvalue weighted by atomic mass is 32.1. The van der Waals surface area contributed by atoms with Crippen molar-refractivity contribution in [1.82, 2.24) is 15.2 Å². The monoisotopic (exact) mass is 417 g/mol. The van der Waals surface area contributed by atoms with E-state index >= 15 is 0 Å². The van der Waals surface area contributed by atoms with E-state index in [-0.39, 0.29) is 18.2 Å². The van der Waals surface area contributed by atoms with Crippen LogP contribution in [0.4, 0.5) is 0 Å².